The molecule has 6 aromatic carbocycles. The van der Waals surface area contributed by atoms with Crippen molar-refractivity contribution >= 4 is 31.4 Å². The Morgan fingerprint density at radius 1 is 0.532 bits per heavy atom. The molecule has 0 saturated heterocycles. The smallest absolute Gasteiger partial charge is 0.147 e. The van der Waals surface area contributed by atoms with E-state index in [9.17, 15) is 26.3 Å². The molecule has 0 heterocycles. The van der Waals surface area contributed by atoms with Crippen LogP contribution in [0.5, 0.6) is 0 Å². The summed E-state index contributed by atoms with van der Waals surface area (Å²) in [6.07, 6.45) is -1.47. The Kier molecular flexibility index (Phi) is 13.5. The molecule has 0 spiro atoms. The van der Waals surface area contributed by atoms with Crippen LogP contribution in [-0.2, 0) is 50.6 Å². The second-order valence-corrected chi connectivity index (χ2v) is 26.5. The van der Waals surface area contributed by atoms with Crippen LogP contribution in [0.1, 0.15) is 92.5 Å². The second kappa shape index (κ2) is 17.7. The van der Waals surface area contributed by atoms with Gasteiger partial charge in [0.1, 0.15) is 0 Å². The van der Waals surface area contributed by atoms with Crippen LogP contribution in [0.4, 0.5) is 26.3 Å². The number of halogens is 8. The molecule has 2 aliphatic carbocycles. The van der Waals surface area contributed by atoms with Crippen LogP contribution >= 0.6 is 24.8 Å². The Hall–Kier alpha value is -4.30. The van der Waals surface area contributed by atoms with Gasteiger partial charge in [-0.25, -0.2) is 0 Å². The molecule has 0 nitrogen and oxygen atoms in total. The van der Waals surface area contributed by atoms with Gasteiger partial charge in [-0.3, -0.25) is 0 Å². The van der Waals surface area contributed by atoms with Gasteiger partial charge in [0.25, 0.3) is 0 Å². The summed E-state index contributed by atoms with van der Waals surface area (Å²) in [7, 11) is 0. The largest absolute Gasteiger partial charge is 0.147 e. The van der Waals surface area contributed by atoms with Gasteiger partial charge in [0.15, 0.2) is 0 Å². The average molecular weight is 1050 g/mol. The van der Waals surface area contributed by atoms with Crippen LogP contribution in [0.15, 0.2) is 149 Å². The fourth-order valence-corrected chi connectivity index (χ4v) is 21.2. The van der Waals surface area contributed by atoms with E-state index in [1.807, 2.05) is 30.3 Å². The van der Waals surface area contributed by atoms with E-state index in [0.717, 1.165) is 55.3 Å². The maximum absolute atomic E-state index is 14.1. The minimum atomic E-state index is -4.55. The van der Waals surface area contributed by atoms with Crippen molar-refractivity contribution in [3.63, 3.8) is 0 Å². The van der Waals surface area contributed by atoms with Gasteiger partial charge in [0, 0.05) is 0 Å². The van der Waals surface area contributed by atoms with Gasteiger partial charge in [-0.2, -0.15) is 0 Å². The minimum absolute atomic E-state index is 0. The summed E-state index contributed by atoms with van der Waals surface area (Å²) in [4.78, 5) is 0. The normalized spacial score (nSPS) is 13.5. The van der Waals surface area contributed by atoms with E-state index in [2.05, 4.69) is 108 Å². The zero-order chi connectivity index (χ0) is 42.8. The third-order valence-corrected chi connectivity index (χ3v) is 23.0. The van der Waals surface area contributed by atoms with Gasteiger partial charge in [-0.15, -0.1) is 24.8 Å². The molecular weight excluding hydrogens is 1000 g/mol. The van der Waals surface area contributed by atoms with Crippen molar-refractivity contribution in [2.45, 2.75) is 77.6 Å². The van der Waals surface area contributed by atoms with Crippen molar-refractivity contribution in [2.75, 3.05) is 0 Å². The molecule has 0 aliphatic heterocycles. The molecule has 0 N–H and O–H groups in total. The zero-order valence-electron chi connectivity index (χ0n) is 35.4. The first kappa shape index (κ1) is 47.2. The molecular formula is C53H48Cl2F6Hf. The summed E-state index contributed by atoms with van der Waals surface area (Å²) in [6, 6.07) is 38.4. The molecule has 0 aromatic heterocycles. The number of fused-ring (bicyclic) bond motifs is 3. The SMILES string of the molecule is CC(C)(C)c1cc2c(cc1-c1ccccc1)Cc1c-2cc(C(C)(C)C)c(-c2ccccc2)[c]1[Hf]([C]1=CC=CC1)=[C](c1ccc(C(F)(F)F)cc1)c1ccc(C(F)(F)F)cc1.Cl.Cl. The van der Waals surface area contributed by atoms with E-state index in [4.69, 9.17) is 0 Å². The third kappa shape index (κ3) is 9.19. The van der Waals surface area contributed by atoms with Gasteiger partial charge in [-0.05, 0) is 0 Å². The molecule has 6 aromatic rings. The van der Waals surface area contributed by atoms with Crippen LogP contribution in [0.25, 0.3) is 33.4 Å². The van der Waals surface area contributed by atoms with Gasteiger partial charge in [0.2, 0.25) is 0 Å². The molecule has 9 heteroatoms. The van der Waals surface area contributed by atoms with Crippen LogP contribution in [0.3, 0.4) is 0 Å². The van der Waals surface area contributed by atoms with Crippen molar-refractivity contribution in [1.82, 2.24) is 0 Å². The summed E-state index contributed by atoms with van der Waals surface area (Å²) in [5.74, 6) is 0. The molecule has 0 fully saturated rings. The Morgan fingerprint density at radius 2 is 1.02 bits per heavy atom. The summed E-state index contributed by atoms with van der Waals surface area (Å²) >= 11 is -3.97. The summed E-state index contributed by atoms with van der Waals surface area (Å²) in [6.45, 7) is 13.4. The number of benzene rings is 6. The molecule has 62 heavy (non-hydrogen) atoms. The van der Waals surface area contributed by atoms with Gasteiger partial charge in [-0.1, -0.05) is 0 Å². The predicted octanol–water partition coefficient (Wildman–Crippen LogP) is 15.4. The molecule has 0 radical (unpaired) electrons. The molecule has 0 saturated carbocycles. The van der Waals surface area contributed by atoms with Crippen molar-refractivity contribution in [3.05, 3.63) is 193 Å². The van der Waals surface area contributed by atoms with Crippen LogP contribution in [-0.4, -0.2) is 3.26 Å². The zero-order valence-corrected chi connectivity index (χ0v) is 40.6. The summed E-state index contributed by atoms with van der Waals surface area (Å²) < 4.78 is 87.7. The van der Waals surface area contributed by atoms with E-state index in [0.29, 0.717) is 24.0 Å². The Bertz CT molecular complexity index is 2640. The number of alkyl halides is 6. The van der Waals surface area contributed by atoms with E-state index in [1.165, 1.54) is 58.7 Å². The van der Waals surface area contributed by atoms with E-state index in [-0.39, 0.29) is 35.6 Å². The first-order valence-electron chi connectivity index (χ1n) is 20.3. The van der Waals surface area contributed by atoms with Crippen LogP contribution in [0, 0.1) is 0 Å². The van der Waals surface area contributed by atoms with Crippen molar-refractivity contribution in [2.24, 2.45) is 0 Å². The standard InChI is InChI=1S/C33H33.C15H8F6.C5H5.2ClH.Hf/c1-32(2,3)30-20-26-24(18-28(30)22-13-9-7-10-14-22)17-25-19-29(23-15-11-8-12-16-23)31(21-27(25)26)33(4,5)6;16-14(17,18)12-5-1-10(2-6-12)9-11-3-7-13(8-4-11)15(19,20)21;1-2-4-5-3-1;;;/h7-16,18,20-21H,17H2,1-6H3;1-8H;1-3H,4H2;2*1H;. The fraction of sp³-hybridized carbons (Fsp3) is 0.226. The van der Waals surface area contributed by atoms with Gasteiger partial charge in [0.05, 0.1) is 0 Å². The Morgan fingerprint density at radius 3 is 1.47 bits per heavy atom. The topological polar surface area (TPSA) is 0 Å². The third-order valence-electron chi connectivity index (χ3n) is 11.7. The van der Waals surface area contributed by atoms with Gasteiger partial charge >= 0.3 is 358 Å². The number of hydrogen-bond acceptors (Lipinski definition) is 0. The van der Waals surface area contributed by atoms with E-state index in [1.54, 1.807) is 0 Å². The first-order chi connectivity index (χ1) is 28.3. The average Bonchev–Trinajstić information content (AvgIpc) is 3.87. The number of hydrogen-bond donors (Lipinski definition) is 0. The van der Waals surface area contributed by atoms with E-state index >= 15 is 0 Å². The second-order valence-electron chi connectivity index (χ2n) is 17.9. The molecule has 320 valence electrons. The van der Waals surface area contributed by atoms with Crippen LogP contribution in [0.2, 0.25) is 0 Å². The monoisotopic (exact) mass is 1050 g/mol. The summed E-state index contributed by atoms with van der Waals surface area (Å²) in [5, 5.41) is 0. The van der Waals surface area contributed by atoms with Crippen LogP contribution < -0.4 is 3.32 Å². The number of allylic oxidation sites excluding steroid dienone is 4. The summed E-state index contributed by atoms with van der Waals surface area (Å²) in [5.41, 5.74) is 10.8. The van der Waals surface area contributed by atoms with Crippen molar-refractivity contribution < 1.29 is 47.3 Å². The molecule has 0 amide bonds. The molecule has 0 bridgehead atoms. The molecule has 2 aliphatic rings. The fourth-order valence-electron chi connectivity index (χ4n) is 8.81. The maximum Gasteiger partial charge on any atom is -0.147 e. The molecule has 0 unspecified atom stereocenters. The Balaban J connectivity index is 0.00000321. The molecule has 8 rings (SSSR count). The van der Waals surface area contributed by atoms with E-state index < -0.39 is 44.4 Å². The van der Waals surface area contributed by atoms with Crippen molar-refractivity contribution in [3.8, 4) is 33.4 Å². The Labute approximate surface area is 380 Å². The van der Waals surface area contributed by atoms with Crippen molar-refractivity contribution in [1.29, 1.82) is 0 Å². The predicted molar refractivity (Wildman–Crippen MR) is 245 cm³/mol. The minimum Gasteiger partial charge on any atom is -0.147 e. The number of rotatable bonds is 6. The molecule has 0 atom stereocenters. The quantitative estimate of drug-likeness (QED) is 0.115. The van der Waals surface area contributed by atoms with Gasteiger partial charge < -0.3 is 0 Å². The maximum atomic E-state index is 14.1. The first-order valence-corrected chi connectivity index (χ1v) is 25.6.